The van der Waals surface area contributed by atoms with E-state index >= 15 is 0 Å². The molecule has 1 amide bonds. The average molecular weight is 673 g/mol. The predicted octanol–water partition coefficient (Wildman–Crippen LogP) is 5.79. The van der Waals surface area contributed by atoms with E-state index in [1.807, 2.05) is 45.0 Å². The highest BCUT2D eigenvalue weighted by molar-refractivity contribution is 6.37. The fourth-order valence-electron chi connectivity index (χ4n) is 6.18. The number of nitrogen functional groups attached to an aromatic ring is 1. The standard InChI is InChI=1S/C32H30Cl2F3N7O2/c1-6-20(45)42-9-11-43(12-10-42)30-17-13-19(33)27(21-22(34)23(35)24(36)25(37)26(21)39)40-31(17)44(32(46)18(30)14-38)29-16(4)7-8-41(5)28(29)15(2)3/h6-8,13,15,28H,1,9-12,39H2,2-5H3. The number of carbonyl (C=O) groups is 1. The number of piperazine rings is 1. The number of hydrogen-bond acceptors (Lipinski definition) is 7. The lowest BCUT2D eigenvalue weighted by Gasteiger charge is -2.38. The van der Waals surface area contributed by atoms with E-state index in [0.29, 0.717) is 11.3 Å². The molecule has 46 heavy (non-hydrogen) atoms. The number of nitriles is 1. The van der Waals surface area contributed by atoms with Gasteiger partial charge < -0.3 is 20.4 Å². The Morgan fingerprint density at radius 1 is 1.17 bits per heavy atom. The number of amides is 1. The second kappa shape index (κ2) is 12.4. The van der Waals surface area contributed by atoms with Crippen molar-refractivity contribution in [2.45, 2.75) is 26.8 Å². The third-order valence-electron chi connectivity index (χ3n) is 8.37. The van der Waals surface area contributed by atoms with E-state index in [2.05, 4.69) is 17.6 Å². The van der Waals surface area contributed by atoms with Gasteiger partial charge in [0.05, 0.1) is 38.9 Å². The number of fused-ring (bicyclic) bond motifs is 1. The van der Waals surface area contributed by atoms with Crippen LogP contribution < -0.4 is 16.2 Å². The largest absolute Gasteiger partial charge is 0.396 e. The molecule has 1 atom stereocenters. The maximum absolute atomic E-state index is 14.7. The van der Waals surface area contributed by atoms with Crippen molar-refractivity contribution in [2.24, 2.45) is 5.92 Å². The van der Waals surface area contributed by atoms with Crippen LogP contribution in [0, 0.1) is 34.7 Å². The number of carbonyl (C=O) groups excluding carboxylic acids is 1. The van der Waals surface area contributed by atoms with Gasteiger partial charge in [-0.2, -0.15) is 5.26 Å². The summed E-state index contributed by atoms with van der Waals surface area (Å²) in [5, 5.41) is 9.70. The van der Waals surface area contributed by atoms with Crippen LogP contribution in [0.25, 0.3) is 28.0 Å². The summed E-state index contributed by atoms with van der Waals surface area (Å²) in [6.45, 7) is 10.4. The molecular formula is C32H30Cl2F3N7O2. The molecule has 0 spiro atoms. The number of allylic oxidation sites excluding steroid dienone is 2. The van der Waals surface area contributed by atoms with Gasteiger partial charge in [-0.15, -0.1) is 0 Å². The van der Waals surface area contributed by atoms with Crippen molar-refractivity contribution in [3.05, 3.63) is 80.0 Å². The molecule has 0 aliphatic carbocycles. The summed E-state index contributed by atoms with van der Waals surface area (Å²) in [6.07, 6.45) is 4.91. The molecule has 4 heterocycles. The van der Waals surface area contributed by atoms with Crippen LogP contribution in [-0.4, -0.2) is 64.5 Å². The van der Waals surface area contributed by atoms with Gasteiger partial charge in [-0.05, 0) is 42.8 Å². The van der Waals surface area contributed by atoms with Crippen molar-refractivity contribution < 1.29 is 18.0 Å². The Morgan fingerprint density at radius 3 is 2.41 bits per heavy atom. The summed E-state index contributed by atoms with van der Waals surface area (Å²) >= 11 is 12.9. The lowest BCUT2D eigenvalue weighted by molar-refractivity contribution is -0.126. The number of aromatic nitrogens is 2. The summed E-state index contributed by atoms with van der Waals surface area (Å²) in [5.74, 6) is -5.48. The summed E-state index contributed by atoms with van der Waals surface area (Å²) in [6, 6.07) is 3.14. The number of halogens is 5. The summed E-state index contributed by atoms with van der Waals surface area (Å²) < 4.78 is 45.0. The molecule has 240 valence electrons. The minimum atomic E-state index is -1.85. The number of nitrogens with zero attached hydrogens (tertiary/aromatic N) is 6. The van der Waals surface area contributed by atoms with Gasteiger partial charge in [0, 0.05) is 44.2 Å². The zero-order valence-corrected chi connectivity index (χ0v) is 27.0. The number of benzene rings is 1. The highest BCUT2D eigenvalue weighted by Gasteiger charge is 2.34. The fraction of sp³-hybridized carbons (Fsp3) is 0.312. The number of rotatable bonds is 5. The van der Waals surface area contributed by atoms with Crippen LogP contribution in [0.15, 0.2) is 41.4 Å². The number of likely N-dealkylation sites (N-methyl/N-ethyl adjacent to an activating group) is 1. The minimum Gasteiger partial charge on any atom is -0.396 e. The van der Waals surface area contributed by atoms with Gasteiger partial charge in [0.2, 0.25) is 5.91 Å². The van der Waals surface area contributed by atoms with Gasteiger partial charge in [-0.1, -0.05) is 43.6 Å². The minimum absolute atomic E-state index is 0.00676. The number of hydrogen-bond donors (Lipinski definition) is 1. The summed E-state index contributed by atoms with van der Waals surface area (Å²) in [4.78, 5) is 36.7. The van der Waals surface area contributed by atoms with Gasteiger partial charge in [0.1, 0.15) is 17.3 Å². The second-order valence-electron chi connectivity index (χ2n) is 11.5. The molecule has 0 bridgehead atoms. The van der Waals surface area contributed by atoms with E-state index in [9.17, 15) is 28.0 Å². The molecule has 1 saturated heterocycles. The quantitative estimate of drug-likeness (QED) is 0.158. The van der Waals surface area contributed by atoms with Crippen LogP contribution in [0.5, 0.6) is 0 Å². The first kappa shape index (κ1) is 32.9. The summed E-state index contributed by atoms with van der Waals surface area (Å²) in [5.41, 5.74) is 4.91. The van der Waals surface area contributed by atoms with E-state index in [4.69, 9.17) is 28.9 Å². The molecule has 0 radical (unpaired) electrons. The van der Waals surface area contributed by atoms with Crippen molar-refractivity contribution in [3.63, 3.8) is 0 Å². The molecule has 1 unspecified atom stereocenters. The highest BCUT2D eigenvalue weighted by atomic mass is 35.5. The van der Waals surface area contributed by atoms with E-state index in [0.717, 1.165) is 0 Å². The van der Waals surface area contributed by atoms with Crippen molar-refractivity contribution in [1.29, 1.82) is 5.26 Å². The zero-order chi connectivity index (χ0) is 33.8. The molecule has 2 aliphatic rings. The highest BCUT2D eigenvalue weighted by Crippen LogP contribution is 2.43. The Morgan fingerprint density at radius 2 is 1.83 bits per heavy atom. The van der Waals surface area contributed by atoms with E-state index in [1.54, 1.807) is 9.80 Å². The fourth-order valence-corrected chi connectivity index (χ4v) is 6.70. The topological polar surface area (TPSA) is 111 Å². The first-order valence-electron chi connectivity index (χ1n) is 14.3. The van der Waals surface area contributed by atoms with E-state index < -0.39 is 39.3 Å². The second-order valence-corrected chi connectivity index (χ2v) is 12.3. The zero-order valence-electron chi connectivity index (χ0n) is 25.5. The third kappa shape index (κ3) is 5.17. The SMILES string of the molecule is C=CC(=O)N1CCN(c2c(C#N)c(=O)n(C3=C(C)C=CN(C)C3C(C)C)c3nc(-c4c(N)c(F)c(F)c(F)c4Cl)c(Cl)cc23)CC1. The normalized spacial score (nSPS) is 16.9. The lowest BCUT2D eigenvalue weighted by Crippen LogP contribution is -2.49. The predicted molar refractivity (Wildman–Crippen MR) is 174 cm³/mol. The van der Waals surface area contributed by atoms with Crippen molar-refractivity contribution >= 4 is 57.2 Å². The molecule has 9 nitrogen and oxygen atoms in total. The molecule has 2 aliphatic heterocycles. The molecule has 2 N–H and O–H groups in total. The monoisotopic (exact) mass is 671 g/mol. The van der Waals surface area contributed by atoms with E-state index in [-0.39, 0.29) is 77.0 Å². The molecule has 0 saturated carbocycles. The lowest BCUT2D eigenvalue weighted by atomic mass is 9.93. The van der Waals surface area contributed by atoms with Gasteiger partial charge in [0.15, 0.2) is 17.5 Å². The van der Waals surface area contributed by atoms with Crippen LogP contribution in [0.1, 0.15) is 26.3 Å². The maximum atomic E-state index is 14.7. The Hall–Kier alpha value is -4.47. The van der Waals surface area contributed by atoms with Gasteiger partial charge in [-0.3, -0.25) is 14.2 Å². The smallest absolute Gasteiger partial charge is 0.276 e. The molecule has 3 aromatic rings. The number of nitrogens with two attached hydrogens (primary N) is 1. The summed E-state index contributed by atoms with van der Waals surface area (Å²) in [7, 11) is 1.85. The molecule has 2 aromatic heterocycles. The van der Waals surface area contributed by atoms with Crippen LogP contribution in [-0.2, 0) is 4.79 Å². The van der Waals surface area contributed by atoms with Crippen molar-refractivity contribution in [1.82, 2.24) is 19.4 Å². The van der Waals surface area contributed by atoms with Gasteiger partial charge >= 0.3 is 0 Å². The molecule has 1 aromatic carbocycles. The Balaban J connectivity index is 1.91. The van der Waals surface area contributed by atoms with E-state index in [1.165, 1.54) is 16.7 Å². The molecule has 1 fully saturated rings. The molecular weight excluding hydrogens is 642 g/mol. The third-order valence-corrected chi connectivity index (χ3v) is 9.01. The van der Waals surface area contributed by atoms with Gasteiger partial charge in [-0.25, -0.2) is 18.2 Å². The average Bonchev–Trinajstić information content (AvgIpc) is 3.03. The molecule has 5 rings (SSSR count). The Labute approximate surface area is 273 Å². The Bertz CT molecular complexity index is 1950. The molecule has 14 heteroatoms. The first-order valence-corrected chi connectivity index (χ1v) is 15.1. The van der Waals surface area contributed by atoms with Crippen LogP contribution in [0.4, 0.5) is 24.5 Å². The number of pyridine rings is 2. The Kier molecular flexibility index (Phi) is 8.86. The van der Waals surface area contributed by atoms with Crippen LogP contribution in [0.3, 0.4) is 0 Å². The van der Waals surface area contributed by atoms with Gasteiger partial charge in [0.25, 0.3) is 5.56 Å². The first-order chi connectivity index (χ1) is 21.7. The van der Waals surface area contributed by atoms with Crippen LogP contribution in [0.2, 0.25) is 10.0 Å². The van der Waals surface area contributed by atoms with Crippen LogP contribution >= 0.6 is 23.2 Å². The maximum Gasteiger partial charge on any atom is 0.276 e. The number of anilines is 2. The van der Waals surface area contributed by atoms with Crippen molar-refractivity contribution in [3.8, 4) is 17.3 Å². The van der Waals surface area contributed by atoms with Crippen molar-refractivity contribution in [2.75, 3.05) is 43.9 Å².